The van der Waals surface area contributed by atoms with E-state index in [9.17, 15) is 27.6 Å². The molecule has 4 rings (SSSR count). The second-order valence-electron chi connectivity index (χ2n) is 7.06. The summed E-state index contributed by atoms with van der Waals surface area (Å²) in [5, 5.41) is 1.64. The van der Waals surface area contributed by atoms with Gasteiger partial charge in [0.2, 0.25) is 0 Å². The Hall–Kier alpha value is -2.20. The number of rotatable bonds is 2. The van der Waals surface area contributed by atoms with Crippen LogP contribution in [-0.2, 0) is 20.6 Å². The van der Waals surface area contributed by atoms with Gasteiger partial charge in [-0.25, -0.2) is 0 Å². The number of nitrogens with zero attached hydrogens (tertiary/aromatic N) is 2. The summed E-state index contributed by atoms with van der Waals surface area (Å²) in [5.74, 6) is -2.62. The van der Waals surface area contributed by atoms with Gasteiger partial charge in [-0.15, -0.1) is 0 Å². The first kappa shape index (κ1) is 20.1. The molecule has 2 unspecified atom stereocenters. The van der Waals surface area contributed by atoms with Crippen LogP contribution in [0.2, 0.25) is 0 Å². The van der Waals surface area contributed by atoms with Gasteiger partial charge in [-0.1, -0.05) is 42.8 Å². The van der Waals surface area contributed by atoms with Gasteiger partial charge in [0.25, 0.3) is 17.7 Å². The molecule has 2 saturated heterocycles. The molecule has 0 N–H and O–H groups in total. The van der Waals surface area contributed by atoms with Gasteiger partial charge in [0.1, 0.15) is 0 Å². The van der Waals surface area contributed by atoms with Crippen LogP contribution in [0, 0.1) is 11.8 Å². The largest absolute Gasteiger partial charge is 0.416 e. The number of carbonyl (C=O) groups is 3. The number of hydrogen-bond donors (Lipinski definition) is 0. The molecule has 1 aliphatic carbocycles. The predicted molar refractivity (Wildman–Crippen MR) is 104 cm³/mol. The van der Waals surface area contributed by atoms with E-state index in [2.05, 4.69) is 0 Å². The Kier molecular flexibility index (Phi) is 5.02. The third-order valence-electron chi connectivity index (χ3n) is 5.34. The van der Waals surface area contributed by atoms with E-state index >= 15 is 0 Å². The van der Waals surface area contributed by atoms with Crippen molar-refractivity contribution in [2.24, 2.45) is 11.8 Å². The molecule has 0 aromatic heterocycles. The van der Waals surface area contributed by atoms with Crippen LogP contribution in [0.25, 0.3) is 6.08 Å². The van der Waals surface area contributed by atoms with E-state index < -0.39 is 41.3 Å². The van der Waals surface area contributed by atoms with Gasteiger partial charge in [-0.05, 0) is 42.8 Å². The standard InChI is InChI=1S/C19H15F3N2O3S2/c20-19(21,22)13-8-4-1-5-10(13)9-14-17(27)24(18(28)29-14)23-15(25)11-6-2-3-7-12(11)16(23)26/h1,4-5,8-9,11-12H,2-3,6-7H2/b14-9-. The van der Waals surface area contributed by atoms with Crippen LogP contribution in [0.1, 0.15) is 36.8 Å². The Morgan fingerprint density at radius 1 is 1.00 bits per heavy atom. The van der Waals surface area contributed by atoms with Crippen molar-refractivity contribution in [3.05, 3.63) is 40.3 Å². The molecule has 3 fully saturated rings. The highest BCUT2D eigenvalue weighted by atomic mass is 32.2. The molecule has 0 bridgehead atoms. The Morgan fingerprint density at radius 3 is 2.17 bits per heavy atom. The van der Waals surface area contributed by atoms with Crippen molar-refractivity contribution in [2.75, 3.05) is 0 Å². The first-order chi connectivity index (χ1) is 13.7. The van der Waals surface area contributed by atoms with Crippen LogP contribution in [0.15, 0.2) is 29.2 Å². The minimum atomic E-state index is -4.59. The highest BCUT2D eigenvalue weighted by Gasteiger charge is 2.54. The first-order valence-electron chi connectivity index (χ1n) is 9.02. The fourth-order valence-corrected chi connectivity index (χ4v) is 5.23. The topological polar surface area (TPSA) is 57.7 Å². The van der Waals surface area contributed by atoms with Crippen molar-refractivity contribution in [2.45, 2.75) is 31.9 Å². The molecule has 1 aromatic carbocycles. The lowest BCUT2D eigenvalue weighted by Gasteiger charge is -2.24. The van der Waals surface area contributed by atoms with Gasteiger partial charge in [0.05, 0.1) is 22.3 Å². The zero-order valence-corrected chi connectivity index (χ0v) is 16.6. The maximum absolute atomic E-state index is 13.2. The van der Waals surface area contributed by atoms with Crippen molar-refractivity contribution in [1.82, 2.24) is 10.0 Å². The van der Waals surface area contributed by atoms with Crippen LogP contribution in [0.5, 0.6) is 0 Å². The summed E-state index contributed by atoms with van der Waals surface area (Å²) in [5.41, 5.74) is -1.07. The molecular weight excluding hydrogens is 425 g/mol. The molecule has 3 aliphatic rings. The number of imide groups is 1. The van der Waals surface area contributed by atoms with Crippen molar-refractivity contribution < 1.29 is 27.6 Å². The number of amides is 3. The van der Waals surface area contributed by atoms with E-state index in [1.165, 1.54) is 18.2 Å². The van der Waals surface area contributed by atoms with Crippen LogP contribution < -0.4 is 0 Å². The summed E-state index contributed by atoms with van der Waals surface area (Å²) < 4.78 is 39.7. The molecule has 10 heteroatoms. The molecule has 2 heterocycles. The maximum atomic E-state index is 13.2. The number of thioether (sulfide) groups is 1. The second kappa shape index (κ2) is 7.24. The third-order valence-corrected chi connectivity index (χ3v) is 6.63. The van der Waals surface area contributed by atoms with Gasteiger partial charge in [0.15, 0.2) is 4.32 Å². The summed E-state index contributed by atoms with van der Waals surface area (Å²) >= 11 is 5.96. The third kappa shape index (κ3) is 3.38. The van der Waals surface area contributed by atoms with E-state index in [0.29, 0.717) is 12.8 Å². The number of benzene rings is 1. The Balaban J connectivity index is 1.66. The van der Waals surface area contributed by atoms with Crippen molar-refractivity contribution in [1.29, 1.82) is 0 Å². The summed E-state index contributed by atoms with van der Waals surface area (Å²) in [6.45, 7) is 0. The number of fused-ring (bicyclic) bond motifs is 1. The number of halogens is 3. The monoisotopic (exact) mass is 440 g/mol. The van der Waals surface area contributed by atoms with Crippen LogP contribution in [-0.4, -0.2) is 32.1 Å². The van der Waals surface area contributed by atoms with E-state index in [1.807, 2.05) is 0 Å². The summed E-state index contributed by atoms with van der Waals surface area (Å²) in [6, 6.07) is 4.86. The van der Waals surface area contributed by atoms with E-state index in [0.717, 1.165) is 46.8 Å². The smallest absolute Gasteiger partial charge is 0.272 e. The van der Waals surface area contributed by atoms with Gasteiger partial charge >= 0.3 is 6.18 Å². The molecule has 0 radical (unpaired) electrons. The molecule has 152 valence electrons. The molecule has 2 atom stereocenters. The normalized spacial score (nSPS) is 26.7. The Morgan fingerprint density at radius 2 is 1.59 bits per heavy atom. The van der Waals surface area contributed by atoms with Crippen molar-refractivity contribution in [3.8, 4) is 0 Å². The van der Waals surface area contributed by atoms with E-state index in [4.69, 9.17) is 12.2 Å². The zero-order valence-electron chi connectivity index (χ0n) is 14.9. The Labute approximate surface area is 173 Å². The summed E-state index contributed by atoms with van der Waals surface area (Å²) in [7, 11) is 0. The van der Waals surface area contributed by atoms with Crippen molar-refractivity contribution in [3.63, 3.8) is 0 Å². The molecule has 1 saturated carbocycles. The minimum absolute atomic E-state index is 0.0499. The lowest BCUT2D eigenvalue weighted by molar-refractivity contribution is -0.158. The van der Waals surface area contributed by atoms with E-state index in [-0.39, 0.29) is 14.8 Å². The number of alkyl halides is 3. The lowest BCUT2D eigenvalue weighted by atomic mass is 9.81. The lowest BCUT2D eigenvalue weighted by Crippen LogP contribution is -2.49. The van der Waals surface area contributed by atoms with Gasteiger partial charge in [0, 0.05) is 0 Å². The molecule has 0 spiro atoms. The molecule has 3 amide bonds. The molecule has 2 aliphatic heterocycles. The van der Waals surface area contributed by atoms with Crippen LogP contribution >= 0.6 is 24.0 Å². The highest BCUT2D eigenvalue weighted by molar-refractivity contribution is 8.26. The average Bonchev–Trinajstić information content (AvgIpc) is 3.08. The maximum Gasteiger partial charge on any atom is 0.416 e. The van der Waals surface area contributed by atoms with Gasteiger partial charge in [-0.3, -0.25) is 14.4 Å². The zero-order chi connectivity index (χ0) is 20.9. The predicted octanol–water partition coefficient (Wildman–Crippen LogP) is 4.00. The number of hydrazine groups is 1. The van der Waals surface area contributed by atoms with Crippen LogP contribution in [0.3, 0.4) is 0 Å². The molecule has 29 heavy (non-hydrogen) atoms. The average molecular weight is 440 g/mol. The fraction of sp³-hybridized carbons (Fsp3) is 0.368. The Bertz CT molecular complexity index is 936. The number of carbonyl (C=O) groups excluding carboxylic acids is 3. The second-order valence-corrected chi connectivity index (χ2v) is 8.74. The molecular formula is C19H15F3N2O3S2. The van der Waals surface area contributed by atoms with Crippen LogP contribution in [0.4, 0.5) is 13.2 Å². The quantitative estimate of drug-likeness (QED) is 0.395. The molecule has 5 nitrogen and oxygen atoms in total. The summed E-state index contributed by atoms with van der Waals surface area (Å²) in [6.07, 6.45) is -0.664. The van der Waals surface area contributed by atoms with Crippen molar-refractivity contribution >= 4 is 52.1 Å². The SMILES string of the molecule is O=C1/C(=C/c2ccccc2C(F)(F)F)SC(=S)N1N1C(=O)C2CCCCC2C1=O. The highest BCUT2D eigenvalue weighted by Crippen LogP contribution is 2.43. The van der Waals surface area contributed by atoms with Gasteiger partial charge < -0.3 is 0 Å². The minimum Gasteiger partial charge on any atom is -0.272 e. The van der Waals surface area contributed by atoms with E-state index in [1.54, 1.807) is 0 Å². The number of hydrogen-bond acceptors (Lipinski definition) is 5. The number of thiocarbonyl (C=S) groups is 1. The summed E-state index contributed by atoms with van der Waals surface area (Å²) in [4.78, 5) is 38.3. The molecule has 1 aromatic rings. The fourth-order valence-electron chi connectivity index (χ4n) is 4.00. The van der Waals surface area contributed by atoms with Gasteiger partial charge in [-0.2, -0.15) is 23.2 Å². The first-order valence-corrected chi connectivity index (χ1v) is 10.2.